The minimum atomic E-state index is -0.364. The van der Waals surface area contributed by atoms with Crippen LogP contribution in [0.3, 0.4) is 0 Å². The van der Waals surface area contributed by atoms with Crippen LogP contribution in [0.15, 0.2) is 41.2 Å². The predicted octanol–water partition coefficient (Wildman–Crippen LogP) is 4.08. The van der Waals surface area contributed by atoms with Crippen LogP contribution >= 0.6 is 23.2 Å². The molecule has 0 aliphatic rings. The van der Waals surface area contributed by atoms with Crippen LogP contribution in [0.1, 0.15) is 16.1 Å². The summed E-state index contributed by atoms with van der Waals surface area (Å²) in [6.45, 7) is 1.77. The molecule has 2 heterocycles. The van der Waals surface area contributed by atoms with Crippen LogP contribution in [0.5, 0.6) is 0 Å². The summed E-state index contributed by atoms with van der Waals surface area (Å²) in [6, 6.07) is 6.51. The van der Waals surface area contributed by atoms with Crippen LogP contribution in [-0.2, 0) is 0 Å². The van der Waals surface area contributed by atoms with Gasteiger partial charge in [0.25, 0.3) is 5.91 Å². The number of hydrogen-bond acceptors (Lipinski definition) is 6. The molecule has 0 unspecified atom stereocenters. The van der Waals surface area contributed by atoms with Crippen LogP contribution in [0.2, 0.25) is 10.0 Å². The Kier molecular flexibility index (Phi) is 4.64. The summed E-state index contributed by atoms with van der Waals surface area (Å²) in [5.41, 5.74) is 0.817. The largest absolute Gasteiger partial charge is 0.360 e. The normalized spacial score (nSPS) is 10.5. The van der Waals surface area contributed by atoms with Gasteiger partial charge in [0.15, 0.2) is 5.82 Å². The second-order valence-electron chi connectivity index (χ2n) is 4.83. The van der Waals surface area contributed by atoms with Gasteiger partial charge in [-0.25, -0.2) is 9.97 Å². The molecule has 0 atom stereocenters. The zero-order valence-corrected chi connectivity index (χ0v) is 13.9. The molecule has 2 aromatic heterocycles. The lowest BCUT2D eigenvalue weighted by Crippen LogP contribution is -2.13. The molecule has 3 rings (SSSR count). The molecule has 0 fully saturated rings. The van der Waals surface area contributed by atoms with E-state index in [4.69, 9.17) is 27.7 Å². The molecule has 1 aromatic carbocycles. The number of benzene rings is 1. The first-order valence-corrected chi connectivity index (χ1v) is 7.55. The highest BCUT2D eigenvalue weighted by molar-refractivity contribution is 6.42. The molecule has 0 radical (unpaired) electrons. The third kappa shape index (κ3) is 3.81. The van der Waals surface area contributed by atoms with Gasteiger partial charge in [0.2, 0.25) is 5.95 Å². The van der Waals surface area contributed by atoms with E-state index in [-0.39, 0.29) is 5.91 Å². The second-order valence-corrected chi connectivity index (χ2v) is 5.64. The van der Waals surface area contributed by atoms with E-state index in [1.165, 1.54) is 12.4 Å². The third-order valence-electron chi connectivity index (χ3n) is 2.96. The van der Waals surface area contributed by atoms with Crippen molar-refractivity contribution in [3.8, 4) is 0 Å². The zero-order chi connectivity index (χ0) is 17.1. The van der Waals surface area contributed by atoms with E-state index in [9.17, 15) is 4.79 Å². The molecule has 0 spiro atoms. The number of carbonyl (C=O) groups excluding carboxylic acids is 1. The fourth-order valence-corrected chi connectivity index (χ4v) is 2.12. The van der Waals surface area contributed by atoms with Crippen LogP contribution in [0.25, 0.3) is 0 Å². The van der Waals surface area contributed by atoms with E-state index in [1.54, 1.807) is 31.2 Å². The molecule has 7 nitrogen and oxygen atoms in total. The molecule has 1 amide bonds. The van der Waals surface area contributed by atoms with Gasteiger partial charge in [0.05, 0.1) is 15.6 Å². The number of carbonyl (C=O) groups is 1. The van der Waals surface area contributed by atoms with Crippen molar-refractivity contribution in [2.45, 2.75) is 6.92 Å². The van der Waals surface area contributed by atoms with Gasteiger partial charge in [0.1, 0.15) is 5.76 Å². The average molecular weight is 364 g/mol. The highest BCUT2D eigenvalue weighted by Gasteiger charge is 2.10. The van der Waals surface area contributed by atoms with E-state index >= 15 is 0 Å². The Bertz CT molecular complexity index is 880. The topological polar surface area (TPSA) is 92.9 Å². The number of rotatable bonds is 4. The lowest BCUT2D eigenvalue weighted by Gasteiger charge is -2.06. The SMILES string of the molecule is Cc1cc(Nc2ncc(C(=O)Nc3ccc(Cl)c(Cl)c3)cn2)no1. The minimum Gasteiger partial charge on any atom is -0.360 e. The van der Waals surface area contributed by atoms with Gasteiger partial charge < -0.3 is 15.2 Å². The Morgan fingerprint density at radius 3 is 2.50 bits per heavy atom. The summed E-state index contributed by atoms with van der Waals surface area (Å²) in [6.07, 6.45) is 2.80. The molecule has 0 aliphatic carbocycles. The number of amides is 1. The van der Waals surface area contributed by atoms with E-state index in [0.29, 0.717) is 38.8 Å². The van der Waals surface area contributed by atoms with Gasteiger partial charge in [-0.2, -0.15) is 0 Å². The summed E-state index contributed by atoms with van der Waals surface area (Å²) in [4.78, 5) is 20.3. The Morgan fingerprint density at radius 2 is 1.88 bits per heavy atom. The molecule has 0 saturated carbocycles. The summed E-state index contributed by atoms with van der Waals surface area (Å²) in [5, 5.41) is 10.1. The lowest BCUT2D eigenvalue weighted by molar-refractivity contribution is 0.102. The molecule has 2 N–H and O–H groups in total. The first-order valence-electron chi connectivity index (χ1n) is 6.80. The minimum absolute atomic E-state index is 0.294. The van der Waals surface area contributed by atoms with Crippen LogP contribution in [0.4, 0.5) is 17.5 Å². The summed E-state index contributed by atoms with van der Waals surface area (Å²) in [7, 11) is 0. The average Bonchev–Trinajstić information content (AvgIpc) is 2.96. The molecule has 3 aromatic rings. The number of halogens is 2. The first kappa shape index (κ1) is 16.2. The van der Waals surface area contributed by atoms with E-state index in [1.807, 2.05) is 0 Å². The molecule has 24 heavy (non-hydrogen) atoms. The zero-order valence-electron chi connectivity index (χ0n) is 12.4. The van der Waals surface area contributed by atoms with Crippen molar-refractivity contribution in [3.63, 3.8) is 0 Å². The van der Waals surface area contributed by atoms with E-state index < -0.39 is 0 Å². The fraction of sp³-hybridized carbons (Fsp3) is 0.0667. The number of aromatic nitrogens is 3. The van der Waals surface area contributed by atoms with E-state index in [0.717, 1.165) is 0 Å². The van der Waals surface area contributed by atoms with Crippen LogP contribution in [0, 0.1) is 6.92 Å². The van der Waals surface area contributed by atoms with Crippen LogP contribution in [-0.4, -0.2) is 21.0 Å². The van der Waals surface area contributed by atoms with Gasteiger partial charge in [-0.15, -0.1) is 0 Å². The molecular formula is C15H11Cl2N5O2. The van der Waals surface area contributed by atoms with Gasteiger partial charge in [-0.3, -0.25) is 4.79 Å². The molecular weight excluding hydrogens is 353 g/mol. The molecule has 9 heteroatoms. The predicted molar refractivity (Wildman–Crippen MR) is 91.0 cm³/mol. The number of nitrogens with zero attached hydrogens (tertiary/aromatic N) is 3. The maximum absolute atomic E-state index is 12.2. The van der Waals surface area contributed by atoms with E-state index in [2.05, 4.69) is 25.8 Å². The highest BCUT2D eigenvalue weighted by Crippen LogP contribution is 2.25. The number of anilines is 3. The summed E-state index contributed by atoms with van der Waals surface area (Å²) >= 11 is 11.7. The monoisotopic (exact) mass is 363 g/mol. The van der Waals surface area contributed by atoms with Crippen LogP contribution < -0.4 is 10.6 Å². The van der Waals surface area contributed by atoms with Crippen molar-refractivity contribution in [1.82, 2.24) is 15.1 Å². The van der Waals surface area contributed by atoms with Gasteiger partial charge in [-0.1, -0.05) is 28.4 Å². The number of nitrogens with one attached hydrogen (secondary N) is 2. The third-order valence-corrected chi connectivity index (χ3v) is 3.70. The molecule has 0 saturated heterocycles. The van der Waals surface area contributed by atoms with Gasteiger partial charge in [-0.05, 0) is 25.1 Å². The molecule has 122 valence electrons. The first-order chi connectivity index (χ1) is 11.5. The molecule has 0 aliphatic heterocycles. The van der Waals surface area contributed by atoms with Crippen molar-refractivity contribution < 1.29 is 9.32 Å². The Balaban J connectivity index is 1.68. The van der Waals surface area contributed by atoms with Crippen molar-refractivity contribution in [1.29, 1.82) is 0 Å². The van der Waals surface area contributed by atoms with Crippen molar-refractivity contribution >= 4 is 46.6 Å². The van der Waals surface area contributed by atoms with Crippen molar-refractivity contribution in [2.24, 2.45) is 0 Å². The Hall–Kier alpha value is -2.64. The quantitative estimate of drug-likeness (QED) is 0.725. The molecule has 0 bridgehead atoms. The van der Waals surface area contributed by atoms with Gasteiger partial charge >= 0.3 is 0 Å². The lowest BCUT2D eigenvalue weighted by atomic mass is 10.3. The van der Waals surface area contributed by atoms with Crippen molar-refractivity contribution in [3.05, 3.63) is 58.0 Å². The fourth-order valence-electron chi connectivity index (χ4n) is 1.83. The smallest absolute Gasteiger partial charge is 0.258 e. The van der Waals surface area contributed by atoms with Crippen molar-refractivity contribution in [2.75, 3.05) is 10.6 Å². The Labute approximate surface area is 147 Å². The second kappa shape index (κ2) is 6.86. The Morgan fingerprint density at radius 1 is 1.12 bits per heavy atom. The number of hydrogen-bond donors (Lipinski definition) is 2. The highest BCUT2D eigenvalue weighted by atomic mass is 35.5. The summed E-state index contributed by atoms with van der Waals surface area (Å²) in [5.74, 6) is 1.09. The standard InChI is InChI=1S/C15H11Cl2N5O2/c1-8-4-13(22-24-8)21-15-18-6-9(7-19-15)14(23)20-10-2-3-11(16)12(17)5-10/h2-7H,1H3,(H,20,23)(H,18,19,21,22). The number of aryl methyl sites for hydroxylation is 1. The maximum atomic E-state index is 12.2. The maximum Gasteiger partial charge on any atom is 0.258 e. The van der Waals surface area contributed by atoms with Gasteiger partial charge in [0, 0.05) is 24.1 Å². The summed E-state index contributed by atoms with van der Waals surface area (Å²) < 4.78 is 4.93.